The predicted octanol–water partition coefficient (Wildman–Crippen LogP) is 4.44. The molecular formula is C20H17F3N4O3. The van der Waals surface area contributed by atoms with Gasteiger partial charge in [0, 0.05) is 18.3 Å². The van der Waals surface area contributed by atoms with Crippen molar-refractivity contribution in [3.8, 4) is 17.4 Å². The minimum absolute atomic E-state index is 0.0735. The highest BCUT2D eigenvalue weighted by molar-refractivity contribution is 5.78. The maximum Gasteiger partial charge on any atom is 0.417 e. The molecule has 1 unspecified atom stereocenters. The number of methoxy groups -OCH3 is 1. The summed E-state index contributed by atoms with van der Waals surface area (Å²) in [7, 11) is 1.57. The summed E-state index contributed by atoms with van der Waals surface area (Å²) in [4.78, 5) is 9.41. The molecule has 7 nitrogen and oxygen atoms in total. The lowest BCUT2D eigenvalue weighted by molar-refractivity contribution is -0.137. The van der Waals surface area contributed by atoms with Gasteiger partial charge >= 0.3 is 6.18 Å². The molecular weight excluding hydrogens is 401 g/mol. The highest BCUT2D eigenvalue weighted by atomic mass is 19.4. The number of anilines is 3. The van der Waals surface area contributed by atoms with E-state index in [1.54, 1.807) is 31.4 Å². The molecule has 0 bridgehead atoms. The van der Waals surface area contributed by atoms with E-state index >= 15 is 0 Å². The van der Waals surface area contributed by atoms with Gasteiger partial charge in [-0.15, -0.1) is 0 Å². The van der Waals surface area contributed by atoms with E-state index in [0.717, 1.165) is 17.8 Å². The maximum absolute atomic E-state index is 12.9. The van der Waals surface area contributed by atoms with Crippen molar-refractivity contribution >= 4 is 17.2 Å². The second-order valence-corrected chi connectivity index (χ2v) is 6.57. The van der Waals surface area contributed by atoms with Gasteiger partial charge in [-0.3, -0.25) is 4.90 Å². The van der Waals surface area contributed by atoms with Crippen LogP contribution in [0.3, 0.4) is 0 Å². The molecule has 1 atom stereocenters. The molecule has 0 spiro atoms. The van der Waals surface area contributed by atoms with E-state index in [4.69, 9.17) is 9.47 Å². The first-order valence-electron chi connectivity index (χ1n) is 8.86. The summed E-state index contributed by atoms with van der Waals surface area (Å²) in [6, 6.07) is 9.47. The Morgan fingerprint density at radius 2 is 1.90 bits per heavy atom. The molecule has 0 saturated heterocycles. The molecule has 0 fully saturated rings. The average Bonchev–Trinajstić information content (AvgIpc) is 3.04. The topological polar surface area (TPSA) is 79.7 Å². The van der Waals surface area contributed by atoms with Gasteiger partial charge in [0.1, 0.15) is 11.5 Å². The smallest absolute Gasteiger partial charge is 0.417 e. The van der Waals surface area contributed by atoms with Crippen LogP contribution in [0.15, 0.2) is 48.8 Å². The summed E-state index contributed by atoms with van der Waals surface area (Å²) in [6.45, 7) is 1.91. The lowest BCUT2D eigenvalue weighted by atomic mass is 10.2. The number of halogens is 3. The van der Waals surface area contributed by atoms with Crippen LogP contribution in [0.25, 0.3) is 0 Å². The molecule has 1 aliphatic heterocycles. The third-order valence-corrected chi connectivity index (χ3v) is 4.55. The highest BCUT2D eigenvalue weighted by Gasteiger charge is 2.36. The van der Waals surface area contributed by atoms with Gasteiger partial charge in [0.15, 0.2) is 5.82 Å². The van der Waals surface area contributed by atoms with Crippen molar-refractivity contribution in [2.75, 3.05) is 17.3 Å². The van der Waals surface area contributed by atoms with E-state index in [1.165, 1.54) is 11.1 Å². The van der Waals surface area contributed by atoms with Gasteiger partial charge in [-0.05, 0) is 30.7 Å². The first-order chi connectivity index (χ1) is 14.3. The number of aliphatic hydroxyl groups is 1. The Bertz CT molecular complexity index is 1070. The monoisotopic (exact) mass is 418 g/mol. The van der Waals surface area contributed by atoms with Crippen LogP contribution in [-0.2, 0) is 6.18 Å². The standard InChI is InChI=1S/C20H17F3N4O3/c1-11-3-5-14(8-16(11)29-2)30-17-6-4-13(10-24-17)27-18-15(26-19(27)28)7-12(9-25-18)20(21,22)23/h3-10,19,26,28H,1-2H3. The summed E-state index contributed by atoms with van der Waals surface area (Å²) in [6.07, 6.45) is -3.66. The normalized spacial score (nSPS) is 15.5. The highest BCUT2D eigenvalue weighted by Crippen LogP contribution is 2.41. The molecule has 0 saturated carbocycles. The summed E-state index contributed by atoms with van der Waals surface area (Å²) in [5.74, 6) is 1.67. The zero-order valence-corrected chi connectivity index (χ0v) is 15.9. The first kappa shape index (κ1) is 19.8. The number of aromatic nitrogens is 2. The molecule has 3 aromatic rings. The van der Waals surface area contributed by atoms with Gasteiger partial charge < -0.3 is 19.9 Å². The Hall–Kier alpha value is -3.53. The quantitative estimate of drug-likeness (QED) is 0.648. The van der Waals surface area contributed by atoms with Gasteiger partial charge in [0.2, 0.25) is 12.2 Å². The van der Waals surface area contributed by atoms with Gasteiger partial charge in [0.05, 0.1) is 30.2 Å². The van der Waals surface area contributed by atoms with E-state index < -0.39 is 18.1 Å². The molecule has 10 heteroatoms. The van der Waals surface area contributed by atoms with E-state index in [0.29, 0.717) is 23.1 Å². The fourth-order valence-corrected chi connectivity index (χ4v) is 3.05. The van der Waals surface area contributed by atoms with E-state index in [9.17, 15) is 18.3 Å². The van der Waals surface area contributed by atoms with Gasteiger partial charge in [0.25, 0.3) is 0 Å². The van der Waals surface area contributed by atoms with Crippen LogP contribution < -0.4 is 19.7 Å². The molecule has 2 aromatic heterocycles. The van der Waals surface area contributed by atoms with Crippen LogP contribution >= 0.6 is 0 Å². The van der Waals surface area contributed by atoms with Crippen molar-refractivity contribution in [3.05, 3.63) is 59.9 Å². The van der Waals surface area contributed by atoms with E-state index in [1.807, 2.05) is 13.0 Å². The number of ether oxygens (including phenoxy) is 2. The predicted molar refractivity (Wildman–Crippen MR) is 103 cm³/mol. The van der Waals surface area contributed by atoms with Crippen molar-refractivity contribution in [2.45, 2.75) is 19.5 Å². The SMILES string of the molecule is COc1cc(Oc2ccc(N3c4ncc(C(F)(F)F)cc4NC3O)cn2)ccc1C. The molecule has 30 heavy (non-hydrogen) atoms. The Morgan fingerprint density at radius 1 is 1.10 bits per heavy atom. The number of nitrogens with one attached hydrogen (secondary N) is 1. The van der Waals surface area contributed by atoms with Crippen molar-refractivity contribution in [3.63, 3.8) is 0 Å². The van der Waals surface area contributed by atoms with Crippen LogP contribution in [-0.4, -0.2) is 28.5 Å². The second kappa shape index (κ2) is 7.38. The molecule has 2 N–H and O–H groups in total. The number of nitrogens with zero attached hydrogens (tertiary/aromatic N) is 3. The van der Waals surface area contributed by atoms with Crippen molar-refractivity contribution < 1.29 is 27.8 Å². The number of benzene rings is 1. The molecule has 1 aromatic carbocycles. The molecule has 0 aliphatic carbocycles. The number of fused-ring (bicyclic) bond motifs is 1. The lowest BCUT2D eigenvalue weighted by Crippen LogP contribution is -2.31. The zero-order valence-electron chi connectivity index (χ0n) is 15.9. The van der Waals surface area contributed by atoms with Crippen molar-refractivity contribution in [1.82, 2.24) is 9.97 Å². The summed E-state index contributed by atoms with van der Waals surface area (Å²) < 4.78 is 49.7. The Balaban J connectivity index is 1.56. The third-order valence-electron chi connectivity index (χ3n) is 4.55. The van der Waals surface area contributed by atoms with E-state index in [-0.39, 0.29) is 11.5 Å². The number of pyridine rings is 2. The fourth-order valence-electron chi connectivity index (χ4n) is 3.05. The largest absolute Gasteiger partial charge is 0.496 e. The number of alkyl halides is 3. The molecule has 4 rings (SSSR count). The lowest BCUT2D eigenvalue weighted by Gasteiger charge is -2.21. The Labute approximate surface area is 169 Å². The molecule has 3 heterocycles. The summed E-state index contributed by atoms with van der Waals surface area (Å²) in [5.41, 5.74) is 0.556. The molecule has 0 radical (unpaired) electrons. The zero-order chi connectivity index (χ0) is 21.5. The third kappa shape index (κ3) is 3.69. The van der Waals surface area contributed by atoms with E-state index in [2.05, 4.69) is 15.3 Å². The van der Waals surface area contributed by atoms with Crippen molar-refractivity contribution in [2.24, 2.45) is 0 Å². The molecule has 1 aliphatic rings. The second-order valence-electron chi connectivity index (χ2n) is 6.57. The average molecular weight is 418 g/mol. The Kier molecular flexibility index (Phi) is 4.86. The maximum atomic E-state index is 12.9. The van der Waals surface area contributed by atoms with Crippen LogP contribution in [0.2, 0.25) is 0 Å². The van der Waals surface area contributed by atoms with Crippen LogP contribution in [0.4, 0.5) is 30.4 Å². The minimum Gasteiger partial charge on any atom is -0.496 e. The van der Waals surface area contributed by atoms with Gasteiger partial charge in [-0.1, -0.05) is 6.07 Å². The molecule has 0 amide bonds. The van der Waals surface area contributed by atoms with Crippen LogP contribution in [0.5, 0.6) is 17.4 Å². The number of hydrogen-bond donors (Lipinski definition) is 2. The van der Waals surface area contributed by atoms with Crippen LogP contribution in [0, 0.1) is 6.92 Å². The number of aryl methyl sites for hydroxylation is 1. The first-order valence-corrected chi connectivity index (χ1v) is 8.86. The Morgan fingerprint density at radius 3 is 2.57 bits per heavy atom. The number of hydrogen-bond acceptors (Lipinski definition) is 7. The molecule has 156 valence electrons. The van der Waals surface area contributed by atoms with Crippen LogP contribution in [0.1, 0.15) is 11.1 Å². The number of aliphatic hydroxyl groups excluding tert-OH is 1. The van der Waals surface area contributed by atoms with Gasteiger partial charge in [-0.25, -0.2) is 9.97 Å². The van der Waals surface area contributed by atoms with Crippen molar-refractivity contribution in [1.29, 1.82) is 0 Å². The minimum atomic E-state index is -4.53. The summed E-state index contributed by atoms with van der Waals surface area (Å²) in [5, 5.41) is 12.8. The van der Waals surface area contributed by atoms with Gasteiger partial charge in [-0.2, -0.15) is 13.2 Å². The fraction of sp³-hybridized carbons (Fsp3) is 0.200. The summed E-state index contributed by atoms with van der Waals surface area (Å²) >= 11 is 0. The number of rotatable bonds is 4.